The van der Waals surface area contributed by atoms with Crippen LogP contribution in [-0.4, -0.2) is 112 Å². The van der Waals surface area contributed by atoms with Gasteiger partial charge >= 0.3 is 0 Å². The summed E-state index contributed by atoms with van der Waals surface area (Å²) in [4.78, 5) is 47.1. The summed E-state index contributed by atoms with van der Waals surface area (Å²) in [5.41, 5.74) is 24.3. The molecule has 5 N–H and O–H groups in total. The molecule has 3 unspecified atom stereocenters. The van der Waals surface area contributed by atoms with Gasteiger partial charge < -0.3 is 50.3 Å². The lowest BCUT2D eigenvalue weighted by atomic mass is 10.1. The first kappa shape index (κ1) is 44.6. The summed E-state index contributed by atoms with van der Waals surface area (Å²) < 4.78 is 39.4. The summed E-state index contributed by atoms with van der Waals surface area (Å²) in [6.45, 7) is 5.27. The van der Waals surface area contributed by atoms with E-state index in [2.05, 4.69) is 59.4 Å². The molecule has 1 aromatic rings. The second-order valence-electron chi connectivity index (χ2n) is 11.1. The minimum absolute atomic E-state index is 0.00491. The molecule has 6 atom stereocenters. The minimum atomic E-state index is -1.01. The molecule has 55 heavy (non-hydrogen) atoms. The van der Waals surface area contributed by atoms with Gasteiger partial charge in [0.15, 0.2) is 14.4 Å². The Morgan fingerprint density at radius 3 is 2.82 bits per heavy atom. The Morgan fingerprint density at radius 1 is 1.24 bits per heavy atom. The molecule has 0 radical (unpaired) electrons. The summed E-state index contributed by atoms with van der Waals surface area (Å²) >= 11 is 0. The van der Waals surface area contributed by atoms with Crippen molar-refractivity contribution >= 4 is 47.9 Å². The molecular formula is C31H41N12O9P3. The Morgan fingerprint density at radius 2 is 2.05 bits per heavy atom. The molecule has 3 amide bonds. The van der Waals surface area contributed by atoms with Gasteiger partial charge in [-0.15, -0.1) is 0 Å². The number of hydrogen-bond donors (Lipinski definition) is 4. The number of nitrogens with zero attached hydrogens (tertiary/aromatic N) is 8. The van der Waals surface area contributed by atoms with Gasteiger partial charge in [0.05, 0.1) is 37.5 Å². The summed E-state index contributed by atoms with van der Waals surface area (Å²) in [6.07, 6.45) is 0.488. The van der Waals surface area contributed by atoms with Crippen LogP contribution in [0.1, 0.15) is 23.7 Å². The third-order valence-electron chi connectivity index (χ3n) is 7.24. The normalized spacial score (nSPS) is 18.5. The number of hydrogen-bond acceptors (Lipinski definition) is 14. The van der Waals surface area contributed by atoms with Crippen molar-refractivity contribution in [2.45, 2.75) is 38.0 Å². The van der Waals surface area contributed by atoms with Crippen LogP contribution in [0.15, 0.2) is 63.7 Å². The van der Waals surface area contributed by atoms with E-state index in [-0.39, 0.29) is 92.2 Å². The van der Waals surface area contributed by atoms with Gasteiger partial charge in [0.2, 0.25) is 11.8 Å². The van der Waals surface area contributed by atoms with E-state index in [9.17, 15) is 18.9 Å². The van der Waals surface area contributed by atoms with Gasteiger partial charge in [-0.05, 0) is 43.4 Å². The average molecular weight is 819 g/mol. The third kappa shape index (κ3) is 16.6. The van der Waals surface area contributed by atoms with Crippen molar-refractivity contribution in [3.05, 3.63) is 74.9 Å². The van der Waals surface area contributed by atoms with E-state index in [0.29, 0.717) is 50.1 Å². The largest absolute Gasteiger partial charge is 0.491 e. The van der Waals surface area contributed by atoms with E-state index >= 15 is 0 Å². The van der Waals surface area contributed by atoms with Crippen molar-refractivity contribution in [3.63, 3.8) is 0 Å². The molecule has 0 spiro atoms. The van der Waals surface area contributed by atoms with E-state index < -0.39 is 18.4 Å². The van der Waals surface area contributed by atoms with Crippen molar-refractivity contribution in [2.24, 2.45) is 21.0 Å². The van der Waals surface area contributed by atoms with Gasteiger partial charge in [0.1, 0.15) is 43.6 Å². The lowest BCUT2D eigenvalue weighted by Crippen LogP contribution is -2.34. The molecule has 3 rings (SSSR count). The van der Waals surface area contributed by atoms with Crippen molar-refractivity contribution in [2.75, 3.05) is 59.0 Å². The number of ether oxygens (including phenoxy) is 5. The van der Waals surface area contributed by atoms with Crippen molar-refractivity contribution in [1.29, 1.82) is 0 Å². The van der Waals surface area contributed by atoms with Gasteiger partial charge in [0.25, 0.3) is 5.91 Å². The molecule has 1 aromatic carbocycles. The van der Waals surface area contributed by atoms with Crippen LogP contribution in [0.5, 0.6) is 5.75 Å². The van der Waals surface area contributed by atoms with Crippen LogP contribution in [0.3, 0.4) is 0 Å². The number of nitrogens with two attached hydrogens (primary N) is 1. The molecule has 0 aliphatic carbocycles. The van der Waals surface area contributed by atoms with Crippen LogP contribution in [0.2, 0.25) is 0 Å². The Labute approximate surface area is 321 Å². The Hall–Kier alpha value is -4.84. The molecule has 2 aliphatic rings. The molecule has 0 aromatic heterocycles. The number of amides is 3. The number of carbonyl (C=O) groups excluding carboxylic acids is 3. The van der Waals surface area contributed by atoms with Crippen molar-refractivity contribution < 1.29 is 42.6 Å². The Kier molecular flexibility index (Phi) is 20.5. The Bertz CT molecular complexity index is 1740. The number of benzene rings is 1. The minimum Gasteiger partial charge on any atom is -0.491 e. The molecule has 24 heteroatoms. The zero-order chi connectivity index (χ0) is 39.8. The first-order chi connectivity index (χ1) is 26.6. The number of rotatable bonds is 23. The molecule has 0 saturated carbocycles. The predicted molar refractivity (Wildman–Crippen MR) is 205 cm³/mol. The number of nitrogens with one attached hydrogen (secondary N) is 3. The lowest BCUT2D eigenvalue weighted by Gasteiger charge is -2.29. The van der Waals surface area contributed by atoms with Crippen molar-refractivity contribution in [1.82, 2.24) is 20.9 Å². The van der Waals surface area contributed by atoms with E-state index in [1.54, 1.807) is 29.3 Å². The second kappa shape index (κ2) is 25.3. The van der Waals surface area contributed by atoms with E-state index in [0.717, 1.165) is 0 Å². The zero-order valence-electron chi connectivity index (χ0n) is 29.8. The number of amidine groups is 1. The first-order valence-corrected chi connectivity index (χ1v) is 21.4. The standard InChI is InChI=1S/C31H41N12O9P3/c1-20-39-30(32)23(15-43(20)29-14-25(51-19-38-41-33)26(52-29)18-53-55-54-47)6-4-8-36-27(45)16-48-11-12-49-28(40-42-34)17-50-24-7-3-5-22(13-24)31(46)37-10-9-35-21(2)44/h3,5,7,13,15,25-26,28-29,53,55H,1,8-12,14,16-19H2,2H3,(H2,32,39)(H,35,44)(H,36,45)(H,37,46)/t25-,26-,28?,29-/m1/s1. The van der Waals surface area contributed by atoms with Gasteiger partial charge in [0, 0.05) is 48.0 Å². The van der Waals surface area contributed by atoms with Crippen LogP contribution in [0.4, 0.5) is 0 Å². The highest BCUT2D eigenvalue weighted by atomic mass is 32.4. The van der Waals surface area contributed by atoms with Gasteiger partial charge in [-0.1, -0.05) is 43.0 Å². The number of azide groups is 2. The fraction of sp³-hybridized carbons (Fsp3) is 0.484. The third-order valence-corrected chi connectivity index (χ3v) is 11.7. The Balaban J connectivity index is 1.40. The molecule has 21 nitrogen and oxygen atoms in total. The van der Waals surface area contributed by atoms with Gasteiger partial charge in [-0.3, -0.25) is 18.9 Å². The maximum Gasteiger partial charge on any atom is 0.251 e. The highest BCUT2D eigenvalue weighted by Crippen LogP contribution is 2.48. The number of carbonyl (C=O) groups is 3. The summed E-state index contributed by atoms with van der Waals surface area (Å²) in [6, 6.07) is 6.36. The summed E-state index contributed by atoms with van der Waals surface area (Å²) in [5, 5.41) is 14.9. The highest BCUT2D eigenvalue weighted by molar-refractivity contribution is 8.40. The fourth-order valence-electron chi connectivity index (χ4n) is 4.77. The quantitative estimate of drug-likeness (QED) is 0.0311. The van der Waals surface area contributed by atoms with E-state index in [1.165, 1.54) is 13.0 Å². The van der Waals surface area contributed by atoms with Crippen LogP contribution in [0, 0.1) is 11.8 Å². The summed E-state index contributed by atoms with van der Waals surface area (Å²) in [7, 11) is 0.754. The van der Waals surface area contributed by atoms with Crippen molar-refractivity contribution in [3.8, 4) is 17.6 Å². The van der Waals surface area contributed by atoms with Crippen LogP contribution < -0.4 is 26.4 Å². The topological polar surface area (TPSA) is 290 Å². The molecule has 0 bridgehead atoms. The molecule has 2 heterocycles. The predicted octanol–water partition coefficient (Wildman–Crippen LogP) is 3.00. The molecule has 294 valence electrons. The first-order valence-electron chi connectivity index (χ1n) is 16.5. The zero-order valence-corrected chi connectivity index (χ0v) is 32.6. The molecule has 1 saturated heterocycles. The average Bonchev–Trinajstić information content (AvgIpc) is 3.56. The lowest BCUT2D eigenvalue weighted by molar-refractivity contribution is -0.126. The molecule has 1 fully saturated rings. The summed E-state index contributed by atoms with van der Waals surface area (Å²) in [5.74, 6) is 5.55. The second-order valence-corrected chi connectivity index (χ2v) is 16.6. The molecular weight excluding hydrogens is 777 g/mol. The smallest absolute Gasteiger partial charge is 0.251 e. The maximum atomic E-state index is 12.4. The number of aliphatic imine (C=N–C) groups is 1. The monoisotopic (exact) mass is 818 g/mol. The fourth-order valence-corrected chi connectivity index (χ4v) is 7.96. The van der Waals surface area contributed by atoms with Gasteiger partial charge in [-0.2, -0.15) is 0 Å². The molecule has 2 aliphatic heterocycles. The van der Waals surface area contributed by atoms with Crippen LogP contribution in [-0.2, 0) is 33.1 Å². The van der Waals surface area contributed by atoms with Gasteiger partial charge in [-0.25, -0.2) is 4.99 Å². The van der Waals surface area contributed by atoms with E-state index in [4.69, 9.17) is 40.5 Å². The van der Waals surface area contributed by atoms with Crippen LogP contribution >= 0.6 is 24.4 Å². The highest BCUT2D eigenvalue weighted by Gasteiger charge is 2.39. The maximum absolute atomic E-state index is 12.4. The van der Waals surface area contributed by atoms with E-state index in [1.807, 2.05) is 0 Å². The SMILES string of the molecule is C=C1N=C(N)C(C#CCNC(=O)COCCOC(COc2cccc(C(=O)NCCNC(C)=O)c2)N=[N+]=[N-])=CN1[C@H]1C[C@@H](OCN=[N+]=[N-])[C@@H](CPPP=O)O1. The van der Waals surface area contributed by atoms with Crippen LogP contribution in [0.25, 0.3) is 20.9 Å².